The summed E-state index contributed by atoms with van der Waals surface area (Å²) in [6.45, 7) is 9.34. The molecule has 2 heterocycles. The van der Waals surface area contributed by atoms with Crippen LogP contribution in [0.25, 0.3) is 0 Å². The Morgan fingerprint density at radius 1 is 1.14 bits per heavy atom. The largest absolute Gasteiger partial charge is 0.355 e. The van der Waals surface area contributed by atoms with E-state index in [4.69, 9.17) is 0 Å². The lowest BCUT2D eigenvalue weighted by molar-refractivity contribution is 0.0982. The molecule has 7 heteroatoms. The van der Waals surface area contributed by atoms with Crippen molar-refractivity contribution in [2.24, 2.45) is 4.99 Å². The van der Waals surface area contributed by atoms with Crippen LogP contribution in [0.1, 0.15) is 44.2 Å². The minimum Gasteiger partial charge on any atom is -0.355 e. The molecular formula is C21H33N7. The Morgan fingerprint density at radius 2 is 1.93 bits per heavy atom. The first kappa shape index (κ1) is 20.3. The Bertz CT molecular complexity index is 746. The van der Waals surface area contributed by atoms with Crippen molar-refractivity contribution in [3.63, 3.8) is 0 Å². The van der Waals surface area contributed by atoms with Crippen LogP contribution >= 0.6 is 0 Å². The van der Waals surface area contributed by atoms with Gasteiger partial charge in [-0.15, -0.1) is 0 Å². The second-order valence-corrected chi connectivity index (χ2v) is 8.05. The number of hydrogen-bond donors (Lipinski definition) is 2. The van der Waals surface area contributed by atoms with E-state index in [1.165, 1.54) is 43.5 Å². The molecule has 7 nitrogen and oxygen atoms in total. The molecule has 0 bridgehead atoms. The van der Waals surface area contributed by atoms with E-state index in [1.54, 1.807) is 12.7 Å². The van der Waals surface area contributed by atoms with Crippen LogP contribution in [0.2, 0.25) is 0 Å². The highest BCUT2D eigenvalue weighted by Crippen LogP contribution is 2.19. The van der Waals surface area contributed by atoms with Gasteiger partial charge in [-0.3, -0.25) is 9.89 Å². The van der Waals surface area contributed by atoms with Crippen LogP contribution in [-0.2, 0) is 13.1 Å². The van der Waals surface area contributed by atoms with Crippen LogP contribution < -0.4 is 10.6 Å². The van der Waals surface area contributed by atoms with Gasteiger partial charge in [-0.25, -0.2) is 9.67 Å². The van der Waals surface area contributed by atoms with Crippen molar-refractivity contribution in [1.82, 2.24) is 30.3 Å². The Labute approximate surface area is 168 Å². The fourth-order valence-corrected chi connectivity index (χ4v) is 3.66. The van der Waals surface area contributed by atoms with E-state index < -0.39 is 0 Å². The molecule has 0 unspecified atom stereocenters. The SMILES string of the molecule is CN=C(NCc1cccc(Cn2cncn2)c1)NCC(C)(C)N1CCCCC1. The van der Waals surface area contributed by atoms with E-state index in [2.05, 4.69) is 68.7 Å². The van der Waals surface area contributed by atoms with Gasteiger partial charge in [-0.1, -0.05) is 30.7 Å². The van der Waals surface area contributed by atoms with E-state index in [-0.39, 0.29) is 5.54 Å². The summed E-state index contributed by atoms with van der Waals surface area (Å²) in [5, 5.41) is 11.1. The third kappa shape index (κ3) is 5.79. The van der Waals surface area contributed by atoms with Crippen molar-refractivity contribution in [2.45, 2.75) is 51.7 Å². The molecule has 152 valence electrons. The van der Waals surface area contributed by atoms with Crippen molar-refractivity contribution in [1.29, 1.82) is 0 Å². The zero-order chi connectivity index (χ0) is 19.8. The van der Waals surface area contributed by atoms with Crippen molar-refractivity contribution < 1.29 is 0 Å². The summed E-state index contributed by atoms with van der Waals surface area (Å²) in [4.78, 5) is 11.0. The van der Waals surface area contributed by atoms with Crippen molar-refractivity contribution >= 4 is 5.96 Å². The molecule has 1 saturated heterocycles. The number of rotatable bonds is 7. The van der Waals surface area contributed by atoms with Gasteiger partial charge in [0.25, 0.3) is 0 Å². The fourth-order valence-electron chi connectivity index (χ4n) is 3.66. The van der Waals surface area contributed by atoms with Crippen LogP contribution in [0, 0.1) is 0 Å². The number of nitrogens with zero attached hydrogens (tertiary/aromatic N) is 5. The smallest absolute Gasteiger partial charge is 0.191 e. The summed E-state index contributed by atoms with van der Waals surface area (Å²) in [6.07, 6.45) is 7.27. The van der Waals surface area contributed by atoms with Gasteiger partial charge in [0.15, 0.2) is 5.96 Å². The highest BCUT2D eigenvalue weighted by molar-refractivity contribution is 5.79. The number of aromatic nitrogens is 3. The molecule has 1 aromatic carbocycles. The molecule has 1 fully saturated rings. The Hall–Kier alpha value is -2.41. The van der Waals surface area contributed by atoms with Gasteiger partial charge < -0.3 is 10.6 Å². The molecule has 0 radical (unpaired) electrons. The number of guanidine groups is 1. The number of piperidine rings is 1. The quantitative estimate of drug-likeness (QED) is 0.567. The number of nitrogens with one attached hydrogen (secondary N) is 2. The first-order chi connectivity index (χ1) is 13.6. The molecule has 0 atom stereocenters. The van der Waals surface area contributed by atoms with Crippen molar-refractivity contribution in [2.75, 3.05) is 26.7 Å². The molecule has 0 spiro atoms. The topological polar surface area (TPSA) is 70.4 Å². The van der Waals surface area contributed by atoms with E-state index in [1.807, 2.05) is 11.7 Å². The normalized spacial score (nSPS) is 16.2. The van der Waals surface area contributed by atoms with Crippen LogP contribution in [0.3, 0.4) is 0 Å². The molecule has 3 rings (SSSR count). The van der Waals surface area contributed by atoms with Gasteiger partial charge in [0, 0.05) is 25.7 Å². The lowest BCUT2D eigenvalue weighted by Crippen LogP contribution is -2.54. The molecule has 0 amide bonds. The standard InChI is InChI=1S/C21H33N7/c1-21(2,27-10-5-4-6-11-27)15-25-20(22-3)24-13-18-8-7-9-19(12-18)14-28-17-23-16-26-28/h7-9,12,16-17H,4-6,10-11,13-15H2,1-3H3,(H2,22,24,25). The lowest BCUT2D eigenvalue weighted by atomic mass is 9.98. The molecular weight excluding hydrogens is 350 g/mol. The second-order valence-electron chi connectivity index (χ2n) is 8.05. The average molecular weight is 384 g/mol. The predicted octanol–water partition coefficient (Wildman–Crippen LogP) is 2.26. The van der Waals surface area contributed by atoms with Gasteiger partial charge in [-0.2, -0.15) is 5.10 Å². The van der Waals surface area contributed by atoms with Crippen LogP contribution in [0.5, 0.6) is 0 Å². The van der Waals surface area contributed by atoms with Crippen LogP contribution in [0.4, 0.5) is 0 Å². The molecule has 0 saturated carbocycles. The van der Waals surface area contributed by atoms with E-state index in [0.29, 0.717) is 0 Å². The maximum Gasteiger partial charge on any atom is 0.191 e. The minimum atomic E-state index is 0.121. The van der Waals surface area contributed by atoms with E-state index in [9.17, 15) is 0 Å². The molecule has 1 aliphatic heterocycles. The third-order valence-electron chi connectivity index (χ3n) is 5.39. The van der Waals surface area contributed by atoms with E-state index in [0.717, 1.165) is 25.6 Å². The molecule has 1 aromatic heterocycles. The average Bonchev–Trinajstić information content (AvgIpc) is 3.22. The summed E-state index contributed by atoms with van der Waals surface area (Å²) in [5.41, 5.74) is 2.55. The fraction of sp³-hybridized carbons (Fsp3) is 0.571. The highest BCUT2D eigenvalue weighted by Gasteiger charge is 2.27. The van der Waals surface area contributed by atoms with Gasteiger partial charge in [0.2, 0.25) is 0 Å². The zero-order valence-electron chi connectivity index (χ0n) is 17.4. The molecule has 28 heavy (non-hydrogen) atoms. The number of likely N-dealkylation sites (tertiary alicyclic amines) is 1. The maximum absolute atomic E-state index is 4.39. The van der Waals surface area contributed by atoms with Crippen molar-refractivity contribution in [3.8, 4) is 0 Å². The number of aliphatic imine (C=N–C) groups is 1. The zero-order valence-corrected chi connectivity index (χ0v) is 17.4. The molecule has 0 aliphatic carbocycles. The molecule has 2 aromatic rings. The monoisotopic (exact) mass is 383 g/mol. The summed E-state index contributed by atoms with van der Waals surface area (Å²) < 4.78 is 1.83. The summed E-state index contributed by atoms with van der Waals surface area (Å²) in [7, 11) is 1.82. The first-order valence-corrected chi connectivity index (χ1v) is 10.2. The van der Waals surface area contributed by atoms with Crippen LogP contribution in [0.15, 0.2) is 41.9 Å². The number of benzene rings is 1. The number of hydrogen-bond acceptors (Lipinski definition) is 4. The predicted molar refractivity (Wildman–Crippen MR) is 113 cm³/mol. The summed E-state index contributed by atoms with van der Waals surface area (Å²) in [6, 6.07) is 8.51. The third-order valence-corrected chi connectivity index (χ3v) is 5.39. The van der Waals surface area contributed by atoms with Crippen molar-refractivity contribution in [3.05, 3.63) is 48.0 Å². The molecule has 2 N–H and O–H groups in total. The van der Waals surface area contributed by atoms with Crippen LogP contribution in [-0.4, -0.2) is 57.8 Å². The maximum atomic E-state index is 4.39. The summed E-state index contributed by atoms with van der Waals surface area (Å²) >= 11 is 0. The summed E-state index contributed by atoms with van der Waals surface area (Å²) in [5.74, 6) is 0.840. The van der Waals surface area contributed by atoms with Gasteiger partial charge >= 0.3 is 0 Å². The Morgan fingerprint density at radius 3 is 2.64 bits per heavy atom. The van der Waals surface area contributed by atoms with E-state index >= 15 is 0 Å². The first-order valence-electron chi connectivity index (χ1n) is 10.2. The second kappa shape index (κ2) is 9.68. The minimum absolute atomic E-state index is 0.121. The van der Waals surface area contributed by atoms with Gasteiger partial charge in [-0.05, 0) is 50.9 Å². The van der Waals surface area contributed by atoms with Gasteiger partial charge in [0.05, 0.1) is 6.54 Å². The highest BCUT2D eigenvalue weighted by atomic mass is 15.3. The lowest BCUT2D eigenvalue weighted by Gasteiger charge is -2.41. The Kier molecular flexibility index (Phi) is 7.03. The van der Waals surface area contributed by atoms with Gasteiger partial charge in [0.1, 0.15) is 12.7 Å². The Balaban J connectivity index is 1.50. The molecule has 1 aliphatic rings.